The highest BCUT2D eigenvalue weighted by Gasteiger charge is 2.19. The second-order valence-electron chi connectivity index (χ2n) is 8.26. The number of ether oxygens (including phenoxy) is 1. The molecule has 39 heavy (non-hydrogen) atoms. The molecule has 1 saturated heterocycles. The Morgan fingerprint density at radius 2 is 1.64 bits per heavy atom. The van der Waals surface area contributed by atoms with E-state index < -0.39 is 0 Å². The molecule has 1 unspecified atom stereocenters. The number of hydrogen-bond donors (Lipinski definition) is 3. The van der Waals surface area contributed by atoms with Crippen LogP contribution < -0.4 is 17.4 Å². The first-order valence-electron chi connectivity index (χ1n) is 13.4. The Labute approximate surface area is 236 Å². The number of hydrogen-bond acceptors (Lipinski definition) is 7. The molecule has 0 spiro atoms. The molecule has 0 saturated carbocycles. The van der Waals surface area contributed by atoms with Gasteiger partial charge in [0.2, 0.25) is 0 Å². The number of aromatic nitrogens is 1. The zero-order chi connectivity index (χ0) is 30.4. The summed E-state index contributed by atoms with van der Waals surface area (Å²) in [5, 5.41) is 5.27. The lowest BCUT2D eigenvalue weighted by atomic mass is 10.0. The van der Waals surface area contributed by atoms with Gasteiger partial charge in [-0.25, -0.2) is 15.2 Å². The van der Waals surface area contributed by atoms with Crippen molar-refractivity contribution < 1.29 is 9.13 Å². The van der Waals surface area contributed by atoms with Crippen molar-refractivity contribution in [3.05, 3.63) is 72.7 Å². The number of hydrazone groups is 1. The molecule has 1 fully saturated rings. The number of amidine groups is 1. The fourth-order valence-electron chi connectivity index (χ4n) is 3.40. The predicted molar refractivity (Wildman–Crippen MR) is 167 cm³/mol. The normalized spacial score (nSPS) is 13.0. The Morgan fingerprint density at radius 3 is 2.08 bits per heavy atom. The molecule has 9 heteroatoms. The molecular weight excluding hydrogens is 493 g/mol. The molecule has 0 aliphatic carbocycles. The number of allylic oxidation sites excluding steroid dienone is 1. The molecular formula is C30H52FN7O. The van der Waals surface area contributed by atoms with Crippen molar-refractivity contribution >= 4 is 11.7 Å². The summed E-state index contributed by atoms with van der Waals surface area (Å²) < 4.78 is 15.1. The highest BCUT2D eigenvalue weighted by molar-refractivity contribution is 6.03. The van der Waals surface area contributed by atoms with E-state index in [0.29, 0.717) is 17.2 Å². The van der Waals surface area contributed by atoms with Gasteiger partial charge in [-0.15, -0.1) is 6.58 Å². The molecule has 2 heterocycles. The summed E-state index contributed by atoms with van der Waals surface area (Å²) in [5.41, 5.74) is 9.96. The predicted octanol–water partition coefficient (Wildman–Crippen LogP) is 6.10. The SMILES string of the molecule is C=C(C)F.C=CC(C)N(N)/C(=N\N)c1cc(-c2ccc(CN3CCCC3)cc2)cnc1N.CC.CC.COC. The van der Waals surface area contributed by atoms with Crippen LogP contribution in [0, 0.1) is 0 Å². The van der Waals surface area contributed by atoms with Gasteiger partial charge >= 0.3 is 0 Å². The summed E-state index contributed by atoms with van der Waals surface area (Å²) in [6, 6.07) is 10.3. The van der Waals surface area contributed by atoms with Crippen LogP contribution in [-0.2, 0) is 11.3 Å². The van der Waals surface area contributed by atoms with Gasteiger partial charge in [0.25, 0.3) is 0 Å². The number of hydrazine groups is 1. The van der Waals surface area contributed by atoms with E-state index in [0.717, 1.165) is 17.7 Å². The number of anilines is 1. The van der Waals surface area contributed by atoms with Crippen LogP contribution in [0.3, 0.4) is 0 Å². The molecule has 1 aromatic carbocycles. The third-order valence-corrected chi connectivity index (χ3v) is 5.20. The van der Waals surface area contributed by atoms with Crippen molar-refractivity contribution in [3.8, 4) is 11.1 Å². The van der Waals surface area contributed by atoms with Gasteiger partial charge in [0.1, 0.15) is 5.82 Å². The summed E-state index contributed by atoms with van der Waals surface area (Å²) in [6.45, 7) is 21.2. The number of benzene rings is 1. The van der Waals surface area contributed by atoms with Gasteiger partial charge in [0.15, 0.2) is 5.84 Å². The van der Waals surface area contributed by atoms with E-state index in [2.05, 4.69) is 57.1 Å². The summed E-state index contributed by atoms with van der Waals surface area (Å²) in [4.78, 5) is 6.81. The maximum atomic E-state index is 10.8. The van der Waals surface area contributed by atoms with Crippen molar-refractivity contribution in [2.45, 2.75) is 67.0 Å². The van der Waals surface area contributed by atoms with E-state index in [4.69, 9.17) is 17.4 Å². The smallest absolute Gasteiger partial charge is 0.173 e. The Balaban J connectivity index is 0. The van der Waals surface area contributed by atoms with E-state index in [1.165, 1.54) is 43.4 Å². The molecule has 0 bridgehead atoms. The highest BCUT2D eigenvalue weighted by Crippen LogP contribution is 2.24. The van der Waals surface area contributed by atoms with Gasteiger partial charge in [0, 0.05) is 32.5 Å². The molecule has 6 N–H and O–H groups in total. The first-order valence-corrected chi connectivity index (χ1v) is 13.4. The van der Waals surface area contributed by atoms with E-state index in [-0.39, 0.29) is 11.9 Å². The van der Waals surface area contributed by atoms with Crippen LogP contribution in [0.2, 0.25) is 0 Å². The van der Waals surface area contributed by atoms with Crippen LogP contribution in [0.25, 0.3) is 11.1 Å². The van der Waals surface area contributed by atoms with Gasteiger partial charge in [-0.05, 0) is 57.0 Å². The molecule has 3 rings (SSSR count). The Kier molecular flexibility index (Phi) is 22.0. The molecule has 0 radical (unpaired) electrons. The molecule has 1 aliphatic heterocycles. The lowest BCUT2D eigenvalue weighted by Gasteiger charge is -2.25. The summed E-state index contributed by atoms with van der Waals surface area (Å²) in [5.74, 6) is 12.1. The number of halogens is 1. The minimum absolute atomic E-state index is 0.157. The number of likely N-dealkylation sites (tertiary alicyclic amines) is 1. The van der Waals surface area contributed by atoms with Crippen molar-refractivity contribution in [1.29, 1.82) is 0 Å². The fourth-order valence-corrected chi connectivity index (χ4v) is 3.40. The zero-order valence-electron chi connectivity index (χ0n) is 25.4. The van der Waals surface area contributed by atoms with Gasteiger partial charge in [0.05, 0.1) is 17.4 Å². The third kappa shape index (κ3) is 14.5. The van der Waals surface area contributed by atoms with E-state index in [1.54, 1.807) is 26.5 Å². The third-order valence-electron chi connectivity index (χ3n) is 5.20. The van der Waals surface area contributed by atoms with Crippen molar-refractivity contribution in [1.82, 2.24) is 14.9 Å². The lowest BCUT2D eigenvalue weighted by molar-refractivity contribution is 0.277. The van der Waals surface area contributed by atoms with Crippen LogP contribution in [0.5, 0.6) is 0 Å². The summed E-state index contributed by atoms with van der Waals surface area (Å²) in [6.07, 6.45) is 6.05. The number of methoxy groups -OCH3 is 1. The Morgan fingerprint density at radius 1 is 1.15 bits per heavy atom. The standard InChI is InChI=1S/C21H29N7.C3H5F.C2H6O.2C2H6/c1-3-15(2)28(24)21(26-23)19-12-18(13-25-20(19)22)17-8-6-16(7-9-17)14-27-10-4-5-11-27;1-3(2)4;1-3-2;2*1-2/h3,6-9,12-13,15H,1,4-5,10-11,14,23-24H2,2H3,(H2,22,25);1H2,2H3;1-2H3;2*1-2H3/b26-21-;;;;. The minimum Gasteiger partial charge on any atom is -0.388 e. The van der Waals surface area contributed by atoms with Crippen LogP contribution >= 0.6 is 0 Å². The van der Waals surface area contributed by atoms with E-state index in [1.807, 2.05) is 40.7 Å². The van der Waals surface area contributed by atoms with E-state index >= 15 is 0 Å². The average molecular weight is 546 g/mol. The van der Waals surface area contributed by atoms with Gasteiger partial charge in [-0.2, -0.15) is 5.10 Å². The van der Waals surface area contributed by atoms with Gasteiger partial charge in [-0.3, -0.25) is 9.91 Å². The number of pyridine rings is 1. The average Bonchev–Trinajstić information content (AvgIpc) is 3.45. The van der Waals surface area contributed by atoms with Crippen LogP contribution in [0.4, 0.5) is 10.2 Å². The second-order valence-corrected chi connectivity index (χ2v) is 8.26. The van der Waals surface area contributed by atoms with Gasteiger partial charge < -0.3 is 16.3 Å². The monoisotopic (exact) mass is 545 g/mol. The van der Waals surface area contributed by atoms with Crippen LogP contribution in [0.15, 0.2) is 66.7 Å². The quantitative estimate of drug-likeness (QED) is 0.132. The first-order chi connectivity index (χ1) is 18.7. The fraction of sp³-hybridized carbons (Fsp3) is 0.467. The maximum Gasteiger partial charge on any atom is 0.173 e. The summed E-state index contributed by atoms with van der Waals surface area (Å²) in [7, 11) is 3.25. The number of nitrogens with two attached hydrogens (primary N) is 3. The van der Waals surface area contributed by atoms with Crippen molar-refractivity contribution in [2.75, 3.05) is 33.0 Å². The van der Waals surface area contributed by atoms with Crippen LogP contribution in [0.1, 0.15) is 65.5 Å². The topological polar surface area (TPSA) is 119 Å². The largest absolute Gasteiger partial charge is 0.388 e. The number of nitrogens with zero attached hydrogens (tertiary/aromatic N) is 4. The van der Waals surface area contributed by atoms with Crippen molar-refractivity contribution in [3.63, 3.8) is 0 Å². The Hall–Kier alpha value is -3.27. The minimum atomic E-state index is -0.333. The van der Waals surface area contributed by atoms with Crippen molar-refractivity contribution in [2.24, 2.45) is 16.8 Å². The zero-order valence-corrected chi connectivity index (χ0v) is 25.4. The molecule has 1 atom stereocenters. The number of rotatable bonds is 6. The number of nitrogen functional groups attached to an aromatic ring is 1. The molecule has 8 nitrogen and oxygen atoms in total. The maximum absolute atomic E-state index is 10.8. The highest BCUT2D eigenvalue weighted by atomic mass is 19.1. The van der Waals surface area contributed by atoms with E-state index in [9.17, 15) is 4.39 Å². The van der Waals surface area contributed by atoms with Gasteiger partial charge in [-0.1, -0.05) is 64.6 Å². The first kappa shape index (κ1) is 37.9. The molecule has 2 aromatic rings. The second kappa shape index (κ2) is 22.7. The Bertz CT molecular complexity index is 954. The summed E-state index contributed by atoms with van der Waals surface area (Å²) >= 11 is 0. The molecule has 1 aliphatic rings. The molecule has 1 aromatic heterocycles. The van der Waals surface area contributed by atoms with Crippen LogP contribution in [-0.4, -0.2) is 54.1 Å². The lowest BCUT2D eigenvalue weighted by Crippen LogP contribution is -2.44. The molecule has 220 valence electrons. The molecule has 0 amide bonds.